The molecule has 14 aromatic rings. The normalized spacial score (nSPS) is 11.7. The fraction of sp³-hybridized carbons (Fsp3) is 0. The van der Waals surface area contributed by atoms with Gasteiger partial charge in [0.2, 0.25) is 0 Å². The summed E-state index contributed by atoms with van der Waals surface area (Å²) in [5.74, 6) is 0. The zero-order chi connectivity index (χ0) is 46.8. The lowest BCUT2D eigenvalue weighted by molar-refractivity contribution is 0.670. The molecule has 0 saturated heterocycles. The second kappa shape index (κ2) is 16.7. The Morgan fingerprint density at radius 2 is 0.789 bits per heavy atom. The smallest absolute Gasteiger partial charge is 0.143 e. The molecule has 332 valence electrons. The summed E-state index contributed by atoms with van der Waals surface area (Å²) in [5.41, 5.74) is 17.6. The minimum atomic E-state index is 0.882. The Hall–Kier alpha value is -9.44. The lowest BCUT2D eigenvalue weighted by atomic mass is 9.93. The Morgan fingerprint density at radius 3 is 1.51 bits per heavy atom. The molecule has 0 amide bonds. The number of benzene rings is 12. The van der Waals surface area contributed by atoms with Crippen molar-refractivity contribution < 1.29 is 4.42 Å². The van der Waals surface area contributed by atoms with E-state index in [9.17, 15) is 0 Å². The van der Waals surface area contributed by atoms with Crippen LogP contribution in [0.1, 0.15) is 0 Å². The van der Waals surface area contributed by atoms with Gasteiger partial charge < -0.3 is 13.9 Å². The third kappa shape index (κ3) is 6.66. The van der Waals surface area contributed by atoms with Crippen molar-refractivity contribution in [1.29, 1.82) is 0 Å². The van der Waals surface area contributed by atoms with Crippen LogP contribution in [0.4, 0.5) is 17.1 Å². The molecule has 0 atom stereocenters. The van der Waals surface area contributed by atoms with E-state index in [1.165, 1.54) is 71.2 Å². The Bertz CT molecular complexity index is 4290. The van der Waals surface area contributed by atoms with E-state index in [4.69, 9.17) is 4.42 Å². The first-order chi connectivity index (χ1) is 35.2. The van der Waals surface area contributed by atoms with E-state index in [-0.39, 0.29) is 0 Å². The molecule has 2 heterocycles. The van der Waals surface area contributed by atoms with Gasteiger partial charge in [-0.1, -0.05) is 206 Å². The fourth-order valence-electron chi connectivity index (χ4n) is 11.2. The van der Waals surface area contributed by atoms with E-state index in [1.54, 1.807) is 0 Å². The minimum absolute atomic E-state index is 0.882. The number of furan rings is 1. The van der Waals surface area contributed by atoms with Crippen molar-refractivity contribution in [2.24, 2.45) is 0 Å². The van der Waals surface area contributed by atoms with Gasteiger partial charge in [-0.15, -0.1) is 0 Å². The summed E-state index contributed by atoms with van der Waals surface area (Å²) in [6.45, 7) is 0. The summed E-state index contributed by atoms with van der Waals surface area (Å²) in [4.78, 5) is 2.40. The van der Waals surface area contributed by atoms with Gasteiger partial charge in [-0.2, -0.15) is 0 Å². The molecule has 0 aliphatic carbocycles. The monoisotopic (exact) mass is 904 g/mol. The van der Waals surface area contributed by atoms with Crippen LogP contribution < -0.4 is 4.90 Å². The molecule has 0 saturated carbocycles. The summed E-state index contributed by atoms with van der Waals surface area (Å²) >= 11 is 0. The van der Waals surface area contributed by atoms with Crippen LogP contribution in [0.25, 0.3) is 115 Å². The van der Waals surface area contributed by atoms with Gasteiger partial charge in [-0.25, -0.2) is 0 Å². The van der Waals surface area contributed by atoms with Gasteiger partial charge in [0, 0.05) is 49.6 Å². The van der Waals surface area contributed by atoms with Crippen molar-refractivity contribution in [3.05, 3.63) is 267 Å². The quantitative estimate of drug-likeness (QED) is 0.142. The van der Waals surface area contributed by atoms with Crippen LogP contribution in [0.5, 0.6) is 0 Å². The number of para-hydroxylation sites is 6. The van der Waals surface area contributed by atoms with Crippen molar-refractivity contribution in [2.45, 2.75) is 0 Å². The number of hydrogen-bond donors (Lipinski definition) is 0. The number of fused-ring (bicyclic) bond motifs is 9. The molecule has 0 spiro atoms. The summed E-state index contributed by atoms with van der Waals surface area (Å²) in [6, 6.07) is 96.6. The maximum Gasteiger partial charge on any atom is 0.143 e. The highest BCUT2D eigenvalue weighted by Crippen LogP contribution is 2.46. The average Bonchev–Trinajstić information content (AvgIpc) is 4.00. The Kier molecular flexibility index (Phi) is 9.53. The van der Waals surface area contributed by atoms with Crippen molar-refractivity contribution >= 4 is 82.4 Å². The van der Waals surface area contributed by atoms with Gasteiger partial charge >= 0.3 is 0 Å². The molecule has 0 radical (unpaired) electrons. The van der Waals surface area contributed by atoms with Gasteiger partial charge in [-0.3, -0.25) is 0 Å². The van der Waals surface area contributed by atoms with Crippen LogP contribution in [0.15, 0.2) is 271 Å². The number of rotatable bonds is 8. The molecule has 3 nitrogen and oxygen atoms in total. The molecule has 0 fully saturated rings. The highest BCUT2D eigenvalue weighted by molar-refractivity contribution is 6.15. The molecular weight excluding hydrogens is 861 g/mol. The Morgan fingerprint density at radius 1 is 0.296 bits per heavy atom. The predicted molar refractivity (Wildman–Crippen MR) is 299 cm³/mol. The summed E-state index contributed by atoms with van der Waals surface area (Å²) in [5, 5.41) is 9.73. The summed E-state index contributed by atoms with van der Waals surface area (Å²) in [6.07, 6.45) is 0. The molecule has 0 aliphatic heterocycles. The zero-order valence-electron chi connectivity index (χ0n) is 38.7. The van der Waals surface area contributed by atoms with E-state index in [2.05, 4.69) is 270 Å². The van der Waals surface area contributed by atoms with Crippen LogP contribution in [0, 0.1) is 0 Å². The average molecular weight is 905 g/mol. The number of aromatic nitrogens is 1. The highest BCUT2D eigenvalue weighted by Gasteiger charge is 2.22. The van der Waals surface area contributed by atoms with Crippen LogP contribution in [-0.2, 0) is 0 Å². The van der Waals surface area contributed by atoms with Gasteiger partial charge in [0.25, 0.3) is 0 Å². The van der Waals surface area contributed by atoms with E-state index >= 15 is 0 Å². The molecule has 3 heteroatoms. The molecule has 14 rings (SSSR count). The topological polar surface area (TPSA) is 21.3 Å². The van der Waals surface area contributed by atoms with Crippen molar-refractivity contribution in [3.63, 3.8) is 0 Å². The molecule has 0 unspecified atom stereocenters. The summed E-state index contributed by atoms with van der Waals surface area (Å²) in [7, 11) is 0. The number of nitrogens with zero attached hydrogens (tertiary/aromatic N) is 2. The Labute approximate surface area is 411 Å². The molecule has 0 bridgehead atoms. The zero-order valence-corrected chi connectivity index (χ0v) is 38.7. The minimum Gasteiger partial charge on any atom is -0.455 e. The largest absolute Gasteiger partial charge is 0.455 e. The fourth-order valence-corrected chi connectivity index (χ4v) is 11.2. The Balaban J connectivity index is 0.917. The molecule has 2 aromatic heterocycles. The maximum absolute atomic E-state index is 6.68. The van der Waals surface area contributed by atoms with Crippen LogP contribution in [0.3, 0.4) is 0 Å². The van der Waals surface area contributed by atoms with E-state index < -0.39 is 0 Å². The SMILES string of the molecule is c1ccc(-c2ccccc2-n2c3ccccc3c3ccccc32)c(-c2ccc(N(c3ccc(-c4cc5ccccc5c5ccccc45)cc3)c3ccccc3-c3cccc4c3oc3ccccc34)cc2)c1. The molecule has 71 heavy (non-hydrogen) atoms. The third-order valence-corrected chi connectivity index (χ3v) is 14.4. The van der Waals surface area contributed by atoms with Crippen molar-refractivity contribution in [2.75, 3.05) is 4.90 Å². The lowest BCUT2D eigenvalue weighted by Gasteiger charge is -2.28. The van der Waals surface area contributed by atoms with Gasteiger partial charge in [0.1, 0.15) is 11.2 Å². The molecule has 0 N–H and O–H groups in total. The molecular formula is C68H44N2O. The number of anilines is 3. The van der Waals surface area contributed by atoms with Crippen LogP contribution in [-0.4, -0.2) is 4.57 Å². The second-order valence-electron chi connectivity index (χ2n) is 18.4. The first-order valence-electron chi connectivity index (χ1n) is 24.3. The summed E-state index contributed by atoms with van der Waals surface area (Å²) < 4.78 is 9.11. The molecule has 12 aromatic carbocycles. The predicted octanol–water partition coefficient (Wildman–Crippen LogP) is 19.1. The lowest BCUT2D eigenvalue weighted by Crippen LogP contribution is -2.11. The van der Waals surface area contributed by atoms with Crippen molar-refractivity contribution in [3.8, 4) is 50.2 Å². The second-order valence-corrected chi connectivity index (χ2v) is 18.4. The van der Waals surface area contributed by atoms with Crippen molar-refractivity contribution in [1.82, 2.24) is 4.57 Å². The van der Waals surface area contributed by atoms with E-state index in [0.29, 0.717) is 0 Å². The first-order valence-corrected chi connectivity index (χ1v) is 24.3. The first kappa shape index (κ1) is 40.6. The van der Waals surface area contributed by atoms with Crippen LogP contribution >= 0.6 is 0 Å². The standard InChI is InChI=1S/C68H44N2O/c1-2-20-51-47(18-1)44-62(54-23-6-5-21-52(51)54)46-38-42-49(43-39-46)69(63-31-12-10-27-58(63)60-29-17-30-61-59-28-11-16-35-67(59)71-68(60)61)48-40-36-45(37-41-48)50-19-3-4-22-53(50)55-24-7-13-32-64(55)70-65-33-14-8-25-56(65)57-26-9-15-34-66(57)70/h1-44H. The van der Waals surface area contributed by atoms with E-state index in [0.717, 1.165) is 61.4 Å². The third-order valence-electron chi connectivity index (χ3n) is 14.4. The highest BCUT2D eigenvalue weighted by atomic mass is 16.3. The number of hydrogen-bond acceptors (Lipinski definition) is 2. The van der Waals surface area contributed by atoms with Crippen LogP contribution in [0.2, 0.25) is 0 Å². The maximum atomic E-state index is 6.68. The van der Waals surface area contributed by atoms with E-state index in [1.807, 2.05) is 6.07 Å². The van der Waals surface area contributed by atoms with Gasteiger partial charge in [-0.05, 0) is 110 Å². The van der Waals surface area contributed by atoms with Gasteiger partial charge in [0.05, 0.1) is 22.4 Å². The van der Waals surface area contributed by atoms with Gasteiger partial charge in [0.15, 0.2) is 0 Å². The molecule has 0 aliphatic rings.